The lowest BCUT2D eigenvalue weighted by molar-refractivity contribution is -0.186. The van der Waals surface area contributed by atoms with Gasteiger partial charge in [0.15, 0.2) is 5.41 Å². The number of ether oxygens (including phenoxy) is 3. The van der Waals surface area contributed by atoms with Crippen molar-refractivity contribution >= 4 is 17.9 Å². The molecular weight excluding hydrogens is 444 g/mol. The first-order valence-electron chi connectivity index (χ1n) is 12.9. The summed E-state index contributed by atoms with van der Waals surface area (Å²) in [4.78, 5) is 40.5. The Bertz CT molecular complexity index is 834. The van der Waals surface area contributed by atoms with E-state index in [-0.39, 0.29) is 18.4 Å². The molecule has 6 heteroatoms. The molecule has 0 radical (unpaired) electrons. The van der Waals surface area contributed by atoms with Crippen LogP contribution in [0.3, 0.4) is 0 Å². The maximum absolute atomic E-state index is 13.6. The fourth-order valence-corrected chi connectivity index (χ4v) is 6.56. The van der Waals surface area contributed by atoms with E-state index in [9.17, 15) is 14.4 Å². The summed E-state index contributed by atoms with van der Waals surface area (Å²) in [6.07, 6.45) is 6.13. The summed E-state index contributed by atoms with van der Waals surface area (Å²) in [5.74, 6) is -0.169. The van der Waals surface area contributed by atoms with Gasteiger partial charge < -0.3 is 14.2 Å². The van der Waals surface area contributed by atoms with E-state index in [2.05, 4.69) is 13.2 Å². The molecule has 6 nitrogen and oxygen atoms in total. The van der Waals surface area contributed by atoms with Crippen LogP contribution in [0.2, 0.25) is 0 Å². The van der Waals surface area contributed by atoms with Gasteiger partial charge >= 0.3 is 17.9 Å². The average molecular weight is 489 g/mol. The van der Waals surface area contributed by atoms with E-state index in [1.165, 1.54) is 19.3 Å². The van der Waals surface area contributed by atoms with Gasteiger partial charge in [-0.15, -0.1) is 6.58 Å². The summed E-state index contributed by atoms with van der Waals surface area (Å²) in [5, 5.41) is 0. The van der Waals surface area contributed by atoms with Crippen LogP contribution in [-0.2, 0) is 28.6 Å². The van der Waals surface area contributed by atoms with Gasteiger partial charge in [-0.2, -0.15) is 0 Å². The molecule has 0 unspecified atom stereocenters. The molecule has 0 aliphatic heterocycles. The van der Waals surface area contributed by atoms with Crippen molar-refractivity contribution in [2.45, 2.75) is 117 Å². The predicted octanol–water partition coefficient (Wildman–Crippen LogP) is 6.08. The van der Waals surface area contributed by atoms with Crippen molar-refractivity contribution in [2.24, 2.45) is 23.2 Å². The van der Waals surface area contributed by atoms with Crippen molar-refractivity contribution < 1.29 is 28.6 Å². The van der Waals surface area contributed by atoms with E-state index in [1.54, 1.807) is 48.5 Å². The lowest BCUT2D eigenvalue weighted by Crippen LogP contribution is -2.53. The molecule has 0 aromatic heterocycles. The maximum Gasteiger partial charge on any atom is 0.333 e. The molecule has 4 saturated carbocycles. The van der Waals surface area contributed by atoms with Crippen molar-refractivity contribution in [1.82, 2.24) is 0 Å². The molecule has 4 fully saturated rings. The number of rotatable bonds is 8. The highest BCUT2D eigenvalue weighted by atomic mass is 16.6. The van der Waals surface area contributed by atoms with Gasteiger partial charge in [0, 0.05) is 12.0 Å². The molecule has 35 heavy (non-hydrogen) atoms. The first kappa shape index (κ1) is 27.5. The van der Waals surface area contributed by atoms with Crippen LogP contribution in [-0.4, -0.2) is 34.7 Å². The largest absolute Gasteiger partial charge is 0.459 e. The van der Waals surface area contributed by atoms with E-state index >= 15 is 0 Å². The van der Waals surface area contributed by atoms with Crippen LogP contribution in [0.1, 0.15) is 99.8 Å². The van der Waals surface area contributed by atoms with Crippen molar-refractivity contribution in [1.29, 1.82) is 0 Å². The topological polar surface area (TPSA) is 78.9 Å². The maximum atomic E-state index is 13.6. The molecule has 0 heterocycles. The summed E-state index contributed by atoms with van der Waals surface area (Å²) in [6.45, 7) is 20.1. The second-order valence-corrected chi connectivity index (χ2v) is 13.5. The second-order valence-electron chi connectivity index (χ2n) is 13.5. The van der Waals surface area contributed by atoms with Gasteiger partial charge in [0.2, 0.25) is 0 Å². The van der Waals surface area contributed by atoms with Gasteiger partial charge in [0.1, 0.15) is 16.8 Å². The lowest BCUT2D eigenvalue weighted by Gasteiger charge is -2.55. The molecule has 0 spiro atoms. The van der Waals surface area contributed by atoms with Gasteiger partial charge in [-0.05, 0) is 111 Å². The molecule has 0 N–H and O–H groups in total. The average Bonchev–Trinajstić information content (AvgIpc) is 2.62. The summed E-state index contributed by atoms with van der Waals surface area (Å²) in [7, 11) is 0. The number of esters is 3. The molecule has 4 aliphatic rings. The van der Waals surface area contributed by atoms with E-state index in [0.29, 0.717) is 23.3 Å². The Morgan fingerprint density at radius 3 is 1.51 bits per heavy atom. The van der Waals surface area contributed by atoms with Crippen LogP contribution in [0.25, 0.3) is 0 Å². The number of allylic oxidation sites excluding steroid dienone is 1. The molecule has 0 aromatic carbocycles. The Morgan fingerprint density at radius 2 is 1.17 bits per heavy atom. The van der Waals surface area contributed by atoms with Crippen LogP contribution in [0, 0.1) is 23.2 Å². The Kier molecular flexibility index (Phi) is 7.38. The van der Waals surface area contributed by atoms with Gasteiger partial charge in [-0.3, -0.25) is 9.59 Å². The second kappa shape index (κ2) is 9.40. The standard InChI is InChI=1S/C29H44O6/c1-18(2)13-29(24(31)34-26(4,5)6,25(32)35-27(7,8)9)14-19(3)23(30)33-28-15-20-10-21(16-28)12-22(11-20)17-28/h20-22H,1,3,10-17H2,2,4-9H3. The highest BCUT2D eigenvalue weighted by molar-refractivity contribution is 6.02. The Labute approximate surface area is 210 Å². The van der Waals surface area contributed by atoms with Gasteiger partial charge in [-0.1, -0.05) is 12.2 Å². The minimum atomic E-state index is -1.77. The Hall–Kier alpha value is -2.11. The zero-order chi connectivity index (χ0) is 26.4. The minimum Gasteiger partial charge on any atom is -0.459 e. The van der Waals surface area contributed by atoms with Gasteiger partial charge in [0.25, 0.3) is 0 Å². The Morgan fingerprint density at radius 1 is 0.771 bits per heavy atom. The van der Waals surface area contributed by atoms with E-state index in [0.717, 1.165) is 19.3 Å². The van der Waals surface area contributed by atoms with E-state index in [1.807, 2.05) is 0 Å². The van der Waals surface area contributed by atoms with Gasteiger partial charge in [-0.25, -0.2) is 4.79 Å². The smallest absolute Gasteiger partial charge is 0.333 e. The van der Waals surface area contributed by atoms with Gasteiger partial charge in [0.05, 0.1) is 0 Å². The summed E-state index contributed by atoms with van der Waals surface area (Å²) < 4.78 is 17.5. The molecule has 4 aliphatic carbocycles. The molecule has 0 saturated heterocycles. The fourth-order valence-electron chi connectivity index (χ4n) is 6.56. The van der Waals surface area contributed by atoms with E-state index < -0.39 is 40.1 Å². The predicted molar refractivity (Wildman–Crippen MR) is 134 cm³/mol. The van der Waals surface area contributed by atoms with Crippen LogP contribution in [0.5, 0.6) is 0 Å². The first-order valence-corrected chi connectivity index (χ1v) is 12.9. The number of hydrogen-bond acceptors (Lipinski definition) is 6. The summed E-state index contributed by atoms with van der Waals surface area (Å²) in [5.41, 5.74) is -3.20. The zero-order valence-electron chi connectivity index (χ0n) is 22.8. The van der Waals surface area contributed by atoms with Crippen molar-refractivity contribution in [3.63, 3.8) is 0 Å². The molecule has 196 valence electrons. The molecular formula is C29H44O6. The van der Waals surface area contributed by atoms with Crippen LogP contribution in [0.15, 0.2) is 24.3 Å². The van der Waals surface area contributed by atoms with Crippen LogP contribution in [0.4, 0.5) is 0 Å². The number of hydrogen-bond donors (Lipinski definition) is 0. The quantitative estimate of drug-likeness (QED) is 0.135. The molecule has 4 rings (SSSR count). The molecule has 0 atom stereocenters. The van der Waals surface area contributed by atoms with Crippen molar-refractivity contribution in [2.75, 3.05) is 0 Å². The van der Waals surface area contributed by atoms with Crippen molar-refractivity contribution in [3.05, 3.63) is 24.3 Å². The zero-order valence-corrected chi connectivity index (χ0v) is 22.8. The minimum absolute atomic E-state index is 0.0134. The number of carbonyl (C=O) groups excluding carboxylic acids is 3. The summed E-state index contributed by atoms with van der Waals surface area (Å²) in [6, 6.07) is 0. The summed E-state index contributed by atoms with van der Waals surface area (Å²) >= 11 is 0. The monoisotopic (exact) mass is 488 g/mol. The Balaban J connectivity index is 1.86. The molecule has 0 amide bonds. The third kappa shape index (κ3) is 6.56. The normalized spacial score (nSPS) is 27.8. The number of carbonyl (C=O) groups is 3. The highest BCUT2D eigenvalue weighted by Gasteiger charge is 2.55. The first-order chi connectivity index (χ1) is 15.9. The highest BCUT2D eigenvalue weighted by Crippen LogP contribution is 2.57. The van der Waals surface area contributed by atoms with Crippen LogP contribution >= 0.6 is 0 Å². The van der Waals surface area contributed by atoms with Crippen molar-refractivity contribution in [3.8, 4) is 0 Å². The molecule has 0 aromatic rings. The van der Waals surface area contributed by atoms with E-state index in [4.69, 9.17) is 14.2 Å². The third-order valence-corrected chi connectivity index (χ3v) is 7.28. The van der Waals surface area contributed by atoms with Crippen LogP contribution < -0.4 is 0 Å². The molecule has 4 bridgehead atoms. The third-order valence-electron chi connectivity index (χ3n) is 7.28. The fraction of sp³-hybridized carbons (Fsp3) is 0.759. The lowest BCUT2D eigenvalue weighted by atomic mass is 9.54. The SMILES string of the molecule is C=C(C)CC(CC(=C)C(=O)OC12CC3CC(CC(C3)C1)C2)(C(=O)OC(C)(C)C)C(=O)OC(C)(C)C.